The van der Waals surface area contributed by atoms with Crippen LogP contribution in [0.2, 0.25) is 0 Å². The van der Waals surface area contributed by atoms with Crippen molar-refractivity contribution in [2.24, 2.45) is 0 Å². The Kier molecular flexibility index (Phi) is 6.15. The van der Waals surface area contributed by atoms with E-state index in [1.165, 1.54) is 12.0 Å². The Morgan fingerprint density at radius 3 is 2.64 bits per heavy atom. The average Bonchev–Trinajstić information content (AvgIpc) is 3.58. The molecular weight excluding hydrogens is 464 g/mol. The van der Waals surface area contributed by atoms with Gasteiger partial charge in [0.1, 0.15) is 17.5 Å². The summed E-state index contributed by atoms with van der Waals surface area (Å²) in [5.74, 6) is 0.725. The number of ether oxygens (including phenoxy) is 3. The van der Waals surface area contributed by atoms with E-state index in [-0.39, 0.29) is 19.2 Å². The molecule has 1 saturated carbocycles. The number of carbonyl (C=O) groups excluding carboxylic acids is 2. The lowest BCUT2D eigenvalue weighted by Gasteiger charge is -2.40. The second kappa shape index (κ2) is 9.29. The van der Waals surface area contributed by atoms with Crippen molar-refractivity contribution in [3.63, 3.8) is 0 Å². The maximum absolute atomic E-state index is 12.8. The molecule has 0 N–H and O–H groups in total. The van der Waals surface area contributed by atoms with Gasteiger partial charge in [-0.1, -0.05) is 0 Å². The molecule has 36 heavy (non-hydrogen) atoms. The largest absolute Gasteiger partial charge is 0.474 e. The van der Waals surface area contributed by atoms with Gasteiger partial charge in [-0.05, 0) is 51.8 Å². The summed E-state index contributed by atoms with van der Waals surface area (Å²) in [5, 5.41) is 4.45. The van der Waals surface area contributed by atoms with Crippen LogP contribution in [0.4, 0.5) is 10.6 Å². The third kappa shape index (κ3) is 4.91. The summed E-state index contributed by atoms with van der Waals surface area (Å²) in [6.45, 7) is 6.36. The highest BCUT2D eigenvalue weighted by atomic mass is 16.6. The number of carbonyl (C=O) groups is 2. The molecule has 3 aromatic heterocycles. The monoisotopic (exact) mass is 494 g/mol. The second-order valence-corrected chi connectivity index (χ2v) is 9.94. The molecule has 11 heteroatoms. The molecule has 1 aliphatic heterocycles. The third-order valence-corrected chi connectivity index (χ3v) is 6.02. The maximum atomic E-state index is 12.8. The number of esters is 1. The van der Waals surface area contributed by atoms with Crippen LogP contribution < -0.4 is 9.64 Å². The van der Waals surface area contributed by atoms with Crippen LogP contribution in [0.5, 0.6) is 5.88 Å². The zero-order valence-electron chi connectivity index (χ0n) is 20.9. The molecule has 1 aliphatic carbocycles. The minimum absolute atomic E-state index is 0.209. The normalized spacial score (nSPS) is 18.3. The van der Waals surface area contributed by atoms with E-state index in [0.29, 0.717) is 23.9 Å². The summed E-state index contributed by atoms with van der Waals surface area (Å²) >= 11 is 0. The summed E-state index contributed by atoms with van der Waals surface area (Å²) in [5.41, 5.74) is 1.60. The van der Waals surface area contributed by atoms with Crippen molar-refractivity contribution in [3.8, 4) is 17.0 Å². The number of pyridine rings is 1. The highest BCUT2D eigenvalue weighted by Crippen LogP contribution is 2.35. The number of methoxy groups -OCH3 is 1. The average molecular weight is 495 g/mol. The topological polar surface area (TPSA) is 111 Å². The lowest BCUT2D eigenvalue weighted by molar-refractivity contribution is -0.147. The van der Waals surface area contributed by atoms with Crippen LogP contribution in [0.15, 0.2) is 36.8 Å². The smallest absolute Gasteiger partial charge is 0.411 e. The predicted molar refractivity (Wildman–Crippen MR) is 131 cm³/mol. The van der Waals surface area contributed by atoms with Crippen molar-refractivity contribution in [2.75, 3.05) is 31.6 Å². The van der Waals surface area contributed by atoms with Crippen molar-refractivity contribution < 1.29 is 23.8 Å². The van der Waals surface area contributed by atoms with Gasteiger partial charge in [-0.3, -0.25) is 4.90 Å². The van der Waals surface area contributed by atoms with Crippen LogP contribution in [0.1, 0.15) is 33.6 Å². The van der Waals surface area contributed by atoms with E-state index < -0.39 is 23.7 Å². The zero-order valence-corrected chi connectivity index (χ0v) is 20.9. The first-order valence-electron chi connectivity index (χ1n) is 12.0. The zero-order chi connectivity index (χ0) is 25.4. The Bertz CT molecular complexity index is 1280. The molecule has 4 heterocycles. The molecule has 1 atom stereocenters. The standard InChI is InChI=1S/C25H30N6O5/c1-25(2,3)36-24(33)30-13-12-29(15-19(30)23(32)34-4)20-9-11-31-21(28-20)18(14-27-31)17-6-5-10-26-22(17)35-16-7-8-16/h5-6,9-11,14,16,19H,7-8,12-13,15H2,1-4H3/t19-/m0/s1. The number of hydrogen-bond donors (Lipinski definition) is 0. The molecule has 0 spiro atoms. The van der Waals surface area contributed by atoms with Crippen LogP contribution in [-0.4, -0.2) is 81.0 Å². The fraction of sp³-hybridized carbons (Fsp3) is 0.480. The Labute approximate surface area is 209 Å². The number of nitrogens with zero attached hydrogens (tertiary/aromatic N) is 6. The van der Waals surface area contributed by atoms with Crippen molar-refractivity contribution in [2.45, 2.75) is 51.4 Å². The molecule has 0 bridgehead atoms. The number of piperazine rings is 1. The molecule has 2 fully saturated rings. The molecule has 2 aliphatic rings. The Balaban J connectivity index is 1.43. The van der Waals surface area contributed by atoms with Gasteiger partial charge in [-0.25, -0.2) is 24.1 Å². The Morgan fingerprint density at radius 1 is 1.11 bits per heavy atom. The van der Waals surface area contributed by atoms with Gasteiger partial charge in [0.05, 0.1) is 25.4 Å². The van der Waals surface area contributed by atoms with Gasteiger partial charge in [-0.15, -0.1) is 0 Å². The first-order valence-corrected chi connectivity index (χ1v) is 12.0. The number of aromatic nitrogens is 4. The minimum atomic E-state index is -0.821. The lowest BCUT2D eigenvalue weighted by Crippen LogP contribution is -2.59. The summed E-state index contributed by atoms with van der Waals surface area (Å²) in [4.78, 5) is 38.1. The van der Waals surface area contributed by atoms with Gasteiger partial charge in [-0.2, -0.15) is 5.10 Å². The number of hydrogen-bond acceptors (Lipinski definition) is 9. The van der Waals surface area contributed by atoms with Crippen LogP contribution in [0, 0.1) is 0 Å². The molecule has 3 aromatic rings. The van der Waals surface area contributed by atoms with E-state index in [0.717, 1.165) is 24.0 Å². The molecule has 1 saturated heterocycles. The van der Waals surface area contributed by atoms with Crippen molar-refractivity contribution >= 4 is 23.5 Å². The van der Waals surface area contributed by atoms with Crippen molar-refractivity contribution in [1.29, 1.82) is 0 Å². The van der Waals surface area contributed by atoms with Crippen molar-refractivity contribution in [1.82, 2.24) is 24.5 Å². The van der Waals surface area contributed by atoms with Gasteiger partial charge in [0.2, 0.25) is 5.88 Å². The number of amides is 1. The maximum Gasteiger partial charge on any atom is 0.411 e. The number of fused-ring (bicyclic) bond motifs is 1. The summed E-state index contributed by atoms with van der Waals surface area (Å²) in [6, 6.07) is 4.83. The number of rotatable bonds is 5. The predicted octanol–water partition coefficient (Wildman–Crippen LogP) is 2.93. The molecule has 0 aromatic carbocycles. The van der Waals surface area contributed by atoms with Gasteiger partial charge < -0.3 is 19.1 Å². The molecule has 0 unspecified atom stereocenters. The van der Waals surface area contributed by atoms with Crippen LogP contribution in [-0.2, 0) is 14.3 Å². The molecule has 11 nitrogen and oxygen atoms in total. The second-order valence-electron chi connectivity index (χ2n) is 9.94. The van der Waals surface area contributed by atoms with E-state index in [9.17, 15) is 9.59 Å². The van der Waals surface area contributed by atoms with E-state index in [1.807, 2.05) is 29.3 Å². The van der Waals surface area contributed by atoms with Crippen LogP contribution >= 0.6 is 0 Å². The fourth-order valence-electron chi connectivity index (χ4n) is 4.13. The lowest BCUT2D eigenvalue weighted by atomic mass is 10.1. The Hall–Kier alpha value is -3.89. The third-order valence-electron chi connectivity index (χ3n) is 6.02. The fourth-order valence-corrected chi connectivity index (χ4v) is 4.13. The van der Waals surface area contributed by atoms with E-state index in [1.54, 1.807) is 37.7 Å². The Morgan fingerprint density at radius 2 is 1.92 bits per heavy atom. The number of anilines is 1. The van der Waals surface area contributed by atoms with E-state index >= 15 is 0 Å². The van der Waals surface area contributed by atoms with Gasteiger partial charge >= 0.3 is 12.1 Å². The molecular formula is C25H30N6O5. The molecule has 0 radical (unpaired) electrons. The highest BCUT2D eigenvalue weighted by molar-refractivity contribution is 5.83. The summed E-state index contributed by atoms with van der Waals surface area (Å²) in [6.07, 6.45) is 7.02. The minimum Gasteiger partial charge on any atom is -0.474 e. The van der Waals surface area contributed by atoms with Crippen molar-refractivity contribution in [3.05, 3.63) is 36.8 Å². The van der Waals surface area contributed by atoms with Crippen LogP contribution in [0.3, 0.4) is 0 Å². The molecule has 5 rings (SSSR count). The van der Waals surface area contributed by atoms with Gasteiger partial charge in [0, 0.05) is 31.0 Å². The van der Waals surface area contributed by atoms with Gasteiger partial charge in [0.15, 0.2) is 11.7 Å². The summed E-state index contributed by atoms with van der Waals surface area (Å²) < 4.78 is 18.2. The first kappa shape index (κ1) is 23.8. The van der Waals surface area contributed by atoms with Gasteiger partial charge in [0.25, 0.3) is 0 Å². The molecule has 1 amide bonds. The summed E-state index contributed by atoms with van der Waals surface area (Å²) in [7, 11) is 1.31. The van der Waals surface area contributed by atoms with Crippen LogP contribution in [0.25, 0.3) is 16.8 Å². The van der Waals surface area contributed by atoms with E-state index in [4.69, 9.17) is 19.2 Å². The first-order chi connectivity index (χ1) is 17.2. The SMILES string of the molecule is COC(=O)[C@@H]1CN(c2ccn3ncc(-c4cccnc4OC4CC4)c3n2)CCN1C(=O)OC(C)(C)C. The van der Waals surface area contributed by atoms with E-state index in [2.05, 4.69) is 10.1 Å². The molecule has 190 valence electrons. The quantitative estimate of drug-likeness (QED) is 0.494. The highest BCUT2D eigenvalue weighted by Gasteiger charge is 2.39.